The topological polar surface area (TPSA) is 80.3 Å². The molecule has 0 aliphatic heterocycles. The van der Waals surface area contributed by atoms with Crippen LogP contribution in [0.25, 0.3) is 0 Å². The standard InChI is InChI=1S/C17H21N3O3S/c1-3-23-15-6-4-13(5-7-15)17(22)19-10-16(21)18-9-8-14-11-24-12(2)20-14/h4-7,11H,3,8-10H2,1-2H3,(H,18,21)(H,19,22). The fourth-order valence-corrected chi connectivity index (χ4v) is 2.69. The van der Waals surface area contributed by atoms with Crippen molar-refractivity contribution in [3.05, 3.63) is 45.9 Å². The molecule has 1 heterocycles. The van der Waals surface area contributed by atoms with E-state index in [2.05, 4.69) is 15.6 Å². The quantitative estimate of drug-likeness (QED) is 0.765. The van der Waals surface area contributed by atoms with Crippen LogP contribution >= 0.6 is 11.3 Å². The fourth-order valence-electron chi connectivity index (χ4n) is 2.05. The Bertz CT molecular complexity index is 683. The lowest BCUT2D eigenvalue weighted by Gasteiger charge is -2.07. The molecule has 0 spiro atoms. The minimum Gasteiger partial charge on any atom is -0.494 e. The summed E-state index contributed by atoms with van der Waals surface area (Å²) in [6.45, 7) is 4.87. The average molecular weight is 347 g/mol. The van der Waals surface area contributed by atoms with Gasteiger partial charge in [0.15, 0.2) is 0 Å². The minimum absolute atomic E-state index is 0.0534. The SMILES string of the molecule is CCOc1ccc(C(=O)NCC(=O)NCCc2csc(C)n2)cc1. The second kappa shape index (κ2) is 9.02. The van der Waals surface area contributed by atoms with Gasteiger partial charge in [0.1, 0.15) is 5.75 Å². The van der Waals surface area contributed by atoms with Gasteiger partial charge in [-0.25, -0.2) is 4.98 Å². The van der Waals surface area contributed by atoms with Crippen LogP contribution in [0.1, 0.15) is 28.0 Å². The maximum atomic E-state index is 12.0. The van der Waals surface area contributed by atoms with Crippen LogP contribution in [0, 0.1) is 6.92 Å². The molecule has 1 aromatic carbocycles. The van der Waals surface area contributed by atoms with E-state index in [4.69, 9.17) is 4.74 Å². The monoisotopic (exact) mass is 347 g/mol. The Hall–Kier alpha value is -2.41. The molecule has 1 aromatic heterocycles. The van der Waals surface area contributed by atoms with Crippen molar-refractivity contribution in [2.45, 2.75) is 20.3 Å². The van der Waals surface area contributed by atoms with E-state index in [-0.39, 0.29) is 18.4 Å². The van der Waals surface area contributed by atoms with E-state index in [1.165, 1.54) is 0 Å². The van der Waals surface area contributed by atoms with Gasteiger partial charge in [0.2, 0.25) is 5.91 Å². The van der Waals surface area contributed by atoms with Gasteiger partial charge in [-0.2, -0.15) is 0 Å². The molecule has 2 aromatic rings. The highest BCUT2D eigenvalue weighted by molar-refractivity contribution is 7.09. The number of hydrogen-bond donors (Lipinski definition) is 2. The molecule has 0 radical (unpaired) electrons. The smallest absolute Gasteiger partial charge is 0.251 e. The second-order valence-corrected chi connectivity index (χ2v) is 6.16. The Labute approximate surface area is 145 Å². The zero-order valence-corrected chi connectivity index (χ0v) is 14.6. The Kier molecular flexibility index (Phi) is 6.74. The highest BCUT2D eigenvalue weighted by Gasteiger charge is 2.08. The molecule has 0 fully saturated rings. The third-order valence-corrected chi connectivity index (χ3v) is 4.03. The van der Waals surface area contributed by atoms with E-state index in [1.807, 2.05) is 19.2 Å². The highest BCUT2D eigenvalue weighted by atomic mass is 32.1. The van der Waals surface area contributed by atoms with E-state index < -0.39 is 0 Å². The highest BCUT2D eigenvalue weighted by Crippen LogP contribution is 2.11. The number of aromatic nitrogens is 1. The van der Waals surface area contributed by atoms with E-state index in [9.17, 15) is 9.59 Å². The van der Waals surface area contributed by atoms with Crippen molar-refractivity contribution < 1.29 is 14.3 Å². The number of ether oxygens (including phenoxy) is 1. The molecule has 0 bridgehead atoms. The molecular formula is C17H21N3O3S. The molecular weight excluding hydrogens is 326 g/mol. The van der Waals surface area contributed by atoms with Crippen molar-refractivity contribution in [3.63, 3.8) is 0 Å². The van der Waals surface area contributed by atoms with Crippen molar-refractivity contribution in [2.75, 3.05) is 19.7 Å². The first-order valence-electron chi connectivity index (χ1n) is 7.77. The Balaban J connectivity index is 1.69. The number of carbonyl (C=O) groups excluding carboxylic acids is 2. The summed E-state index contributed by atoms with van der Waals surface area (Å²) in [5, 5.41) is 8.36. The summed E-state index contributed by atoms with van der Waals surface area (Å²) < 4.78 is 5.32. The van der Waals surface area contributed by atoms with Crippen molar-refractivity contribution in [1.82, 2.24) is 15.6 Å². The number of nitrogens with one attached hydrogen (secondary N) is 2. The molecule has 6 nitrogen and oxygen atoms in total. The number of hydrogen-bond acceptors (Lipinski definition) is 5. The predicted molar refractivity (Wildman–Crippen MR) is 93.5 cm³/mol. The summed E-state index contributed by atoms with van der Waals surface area (Å²) in [6.07, 6.45) is 0.683. The van der Waals surface area contributed by atoms with Gasteiger partial charge in [-0.1, -0.05) is 0 Å². The molecule has 0 saturated heterocycles. The van der Waals surface area contributed by atoms with Gasteiger partial charge < -0.3 is 15.4 Å². The number of aryl methyl sites for hydroxylation is 1. The van der Waals surface area contributed by atoms with E-state index in [0.717, 1.165) is 10.7 Å². The predicted octanol–water partition coefficient (Wildman–Crippen LogP) is 1.94. The normalized spacial score (nSPS) is 10.2. The van der Waals surface area contributed by atoms with Crippen molar-refractivity contribution in [3.8, 4) is 5.75 Å². The first-order valence-corrected chi connectivity index (χ1v) is 8.65. The molecule has 7 heteroatoms. The number of amides is 2. The van der Waals surface area contributed by atoms with Crippen LogP contribution in [-0.2, 0) is 11.2 Å². The van der Waals surface area contributed by atoms with Crippen molar-refractivity contribution in [1.29, 1.82) is 0 Å². The van der Waals surface area contributed by atoms with Crippen LogP contribution in [0.2, 0.25) is 0 Å². The molecule has 0 unspecified atom stereocenters. The largest absolute Gasteiger partial charge is 0.494 e. The van der Waals surface area contributed by atoms with Crippen molar-refractivity contribution >= 4 is 23.2 Å². The van der Waals surface area contributed by atoms with Crippen molar-refractivity contribution in [2.24, 2.45) is 0 Å². The number of benzene rings is 1. The summed E-state index contributed by atoms with van der Waals surface area (Å²) in [5.74, 6) is 0.202. The summed E-state index contributed by atoms with van der Waals surface area (Å²) in [6, 6.07) is 6.80. The number of nitrogens with zero attached hydrogens (tertiary/aromatic N) is 1. The zero-order chi connectivity index (χ0) is 17.4. The van der Waals surface area contributed by atoms with Gasteiger partial charge in [-0.15, -0.1) is 11.3 Å². The summed E-state index contributed by atoms with van der Waals surface area (Å²) in [4.78, 5) is 28.1. The van der Waals surface area contributed by atoms with Gasteiger partial charge in [0, 0.05) is 23.9 Å². The lowest BCUT2D eigenvalue weighted by Crippen LogP contribution is -2.37. The zero-order valence-electron chi connectivity index (χ0n) is 13.8. The van der Waals surface area contributed by atoms with Crippen LogP contribution in [0.5, 0.6) is 5.75 Å². The molecule has 24 heavy (non-hydrogen) atoms. The molecule has 128 valence electrons. The maximum absolute atomic E-state index is 12.0. The Morgan fingerprint density at radius 3 is 2.58 bits per heavy atom. The third kappa shape index (κ3) is 5.66. The van der Waals surface area contributed by atoms with Crippen LogP contribution in [-0.4, -0.2) is 36.5 Å². The minimum atomic E-state index is -0.289. The van der Waals surface area contributed by atoms with Gasteiger partial charge in [-0.05, 0) is 38.1 Å². The number of rotatable bonds is 8. The van der Waals surface area contributed by atoms with E-state index >= 15 is 0 Å². The first-order chi connectivity index (χ1) is 11.6. The average Bonchev–Trinajstić information content (AvgIpc) is 2.99. The molecule has 2 N–H and O–H groups in total. The third-order valence-electron chi connectivity index (χ3n) is 3.21. The summed E-state index contributed by atoms with van der Waals surface area (Å²) in [5.41, 5.74) is 1.46. The number of carbonyl (C=O) groups is 2. The lowest BCUT2D eigenvalue weighted by molar-refractivity contribution is -0.120. The Morgan fingerprint density at radius 1 is 1.21 bits per heavy atom. The van der Waals surface area contributed by atoms with Gasteiger partial charge >= 0.3 is 0 Å². The van der Waals surface area contributed by atoms with E-state index in [1.54, 1.807) is 35.6 Å². The van der Waals surface area contributed by atoms with Crippen LogP contribution < -0.4 is 15.4 Å². The van der Waals surface area contributed by atoms with Gasteiger partial charge in [0.25, 0.3) is 5.91 Å². The van der Waals surface area contributed by atoms with E-state index in [0.29, 0.717) is 30.9 Å². The molecule has 2 amide bonds. The van der Waals surface area contributed by atoms with Gasteiger partial charge in [0.05, 0.1) is 23.9 Å². The summed E-state index contributed by atoms with van der Waals surface area (Å²) >= 11 is 1.59. The number of thiazole rings is 1. The molecule has 2 rings (SSSR count). The lowest BCUT2D eigenvalue weighted by atomic mass is 10.2. The Morgan fingerprint density at radius 2 is 1.96 bits per heavy atom. The molecule has 0 aliphatic rings. The fraction of sp³-hybridized carbons (Fsp3) is 0.353. The second-order valence-electron chi connectivity index (χ2n) is 5.10. The van der Waals surface area contributed by atoms with Gasteiger partial charge in [-0.3, -0.25) is 9.59 Å². The van der Waals surface area contributed by atoms with Crippen LogP contribution in [0.3, 0.4) is 0 Å². The molecule has 0 saturated carbocycles. The summed E-state index contributed by atoms with van der Waals surface area (Å²) in [7, 11) is 0. The maximum Gasteiger partial charge on any atom is 0.251 e. The van der Waals surface area contributed by atoms with Crippen LogP contribution in [0.4, 0.5) is 0 Å². The molecule has 0 aliphatic carbocycles. The molecule has 0 atom stereocenters. The first kappa shape index (κ1) is 17.9. The van der Waals surface area contributed by atoms with Crippen LogP contribution in [0.15, 0.2) is 29.6 Å².